The van der Waals surface area contributed by atoms with Crippen molar-refractivity contribution in [2.45, 2.75) is 0 Å². The second-order valence-electron chi connectivity index (χ2n) is 14.8. The number of imide groups is 3. The zero-order chi connectivity index (χ0) is 51.4. The Morgan fingerprint density at radius 1 is 0.417 bits per heavy atom. The van der Waals surface area contributed by atoms with Gasteiger partial charge in [0, 0.05) is 48.2 Å². The molecule has 5 aromatic rings. The average Bonchev–Trinajstić information content (AvgIpc) is 3.81. The summed E-state index contributed by atoms with van der Waals surface area (Å²) >= 11 is 0. The molecule has 0 aliphatic carbocycles. The fourth-order valence-electron chi connectivity index (χ4n) is 6.57. The molecule has 3 aliphatic heterocycles. The number of carbonyl (C=O) groups is 6. The van der Waals surface area contributed by atoms with E-state index in [4.69, 9.17) is 16.4 Å². The predicted molar refractivity (Wildman–Crippen MR) is 264 cm³/mol. The van der Waals surface area contributed by atoms with Crippen molar-refractivity contribution in [1.29, 1.82) is 0 Å². The van der Waals surface area contributed by atoms with Gasteiger partial charge >= 0.3 is 29.6 Å². The molecule has 72 heavy (non-hydrogen) atoms. The van der Waals surface area contributed by atoms with Crippen molar-refractivity contribution >= 4 is 109 Å². The largest absolute Gasteiger partial charge is 1.00 e. The number of hydrogen-bond acceptors (Lipinski definition) is 16. The van der Waals surface area contributed by atoms with Gasteiger partial charge in [-0.2, -0.15) is 0 Å². The van der Waals surface area contributed by atoms with Crippen LogP contribution in [0.1, 0.15) is 62.1 Å². The minimum atomic E-state index is -4.44. The first-order valence-corrected chi connectivity index (χ1v) is 27.8. The number of amides is 6. The van der Waals surface area contributed by atoms with E-state index < -0.39 is 92.7 Å². The number of fused-ring (bicyclic) bond motifs is 3. The van der Waals surface area contributed by atoms with Crippen LogP contribution in [0.4, 0.5) is 11.4 Å². The van der Waals surface area contributed by atoms with Crippen molar-refractivity contribution in [3.63, 3.8) is 0 Å². The summed E-state index contributed by atoms with van der Waals surface area (Å²) in [6.45, 7) is -0.687. The van der Waals surface area contributed by atoms with Gasteiger partial charge in [-0.3, -0.25) is 52.9 Å². The molecule has 0 aromatic heterocycles. The number of nitrogens with one attached hydrogen (secondary N) is 2. The minimum Gasteiger partial charge on any atom is -0.748 e. The Morgan fingerprint density at radius 3 is 0.931 bits per heavy atom. The molecule has 0 saturated carbocycles. The molecule has 0 unspecified atom stereocenters. The van der Waals surface area contributed by atoms with Crippen LogP contribution < -0.4 is 44.7 Å². The number of carbonyl (C=O) groups excluding carboxylic acids is 6. The summed E-state index contributed by atoms with van der Waals surface area (Å²) in [4.78, 5) is 74.0. The zero-order valence-corrected chi connectivity index (χ0v) is 44.7. The second-order valence-corrected chi connectivity index (χ2v) is 22.9. The Hall–Kier alpha value is -5.58. The van der Waals surface area contributed by atoms with Gasteiger partial charge < -0.3 is 10.3 Å². The molecule has 21 nitrogen and oxygen atoms in total. The number of halogens is 2. The average molecular weight is 1120 g/mol. The van der Waals surface area contributed by atoms with Crippen molar-refractivity contribution in [1.82, 2.24) is 14.7 Å². The number of sulfonamides is 2. The first-order valence-electron chi connectivity index (χ1n) is 20.4. The second kappa shape index (κ2) is 26.4. The summed E-state index contributed by atoms with van der Waals surface area (Å²) in [7, 11) is -10.0. The molecule has 8 rings (SSSR count). The van der Waals surface area contributed by atoms with Crippen LogP contribution in [0.15, 0.2) is 133 Å². The van der Waals surface area contributed by atoms with E-state index in [1.54, 1.807) is 103 Å². The van der Waals surface area contributed by atoms with Crippen LogP contribution in [0.5, 0.6) is 0 Å². The number of rotatable bonds is 15. The van der Waals surface area contributed by atoms with E-state index in [0.29, 0.717) is 33.6 Å². The third-order valence-electron chi connectivity index (χ3n) is 9.82. The molecule has 6 amide bonds. The van der Waals surface area contributed by atoms with Gasteiger partial charge in [0.25, 0.3) is 35.4 Å². The van der Waals surface area contributed by atoms with Gasteiger partial charge in [0.1, 0.15) is 0 Å². The summed E-state index contributed by atoms with van der Waals surface area (Å²) in [5.74, 6) is -4.62. The Kier molecular flexibility index (Phi) is 22.3. The molecule has 0 saturated heterocycles. The number of para-hydroxylation sites is 2. The van der Waals surface area contributed by atoms with Crippen LogP contribution in [0, 0.1) is 0 Å². The van der Waals surface area contributed by atoms with Gasteiger partial charge in [-0.25, -0.2) is 33.7 Å². The summed E-state index contributed by atoms with van der Waals surface area (Å²) in [6, 6.07) is 36.2. The minimum absolute atomic E-state index is 0. The smallest absolute Gasteiger partial charge is 0.748 e. The standard InChI is InChI=1S/C16H14N2O4S.C10H8ClNO4S.C10H9NO5S.C8H12N2O2S.ClH.Na/c19-15-13-8-4-5-9-14(13)16(20)18(15)10-11-23(21,22)17-12-6-2-1-3-7-12;11-17(15,16)6-5-12-9(13)7-3-1-2-4-8(7)10(12)14;12-9-7-3-1-2-4-8(7)10(13)11(9)5-6-17(14,15)16;9-6-7-13(11,12)10-8-4-2-1-3-5-8;;/h1-9,17H,10-11H2;1-4H,5-6H2;1-4H,5-6H2,(H,14,15,16);1-5,10H,6-7,9H2;1H;/q;;;;;+1/p-1. The Morgan fingerprint density at radius 2 is 0.667 bits per heavy atom. The molecule has 0 fully saturated rings. The first-order chi connectivity index (χ1) is 32.9. The van der Waals surface area contributed by atoms with Crippen molar-refractivity contribution in [3.8, 4) is 0 Å². The van der Waals surface area contributed by atoms with Crippen LogP contribution in [-0.4, -0.2) is 138 Å². The van der Waals surface area contributed by atoms with E-state index in [0.717, 1.165) is 14.7 Å². The Labute approximate surface area is 448 Å². The molecule has 0 atom stereocenters. The van der Waals surface area contributed by atoms with Crippen molar-refractivity contribution in [2.24, 2.45) is 5.73 Å². The molecule has 5 aromatic carbocycles. The van der Waals surface area contributed by atoms with E-state index in [-0.39, 0.29) is 84.2 Å². The molecule has 3 heterocycles. The maximum atomic E-state index is 12.2. The van der Waals surface area contributed by atoms with Gasteiger partial charge in [0.05, 0.1) is 66.5 Å². The van der Waals surface area contributed by atoms with E-state index in [2.05, 4.69) is 9.44 Å². The van der Waals surface area contributed by atoms with Gasteiger partial charge in [-0.05, 0) is 60.7 Å². The number of nitrogens with zero attached hydrogens (tertiary/aromatic N) is 3. The number of nitrogens with two attached hydrogens (primary N) is 1. The van der Waals surface area contributed by atoms with Crippen LogP contribution in [0.2, 0.25) is 0 Å². The monoisotopic (exact) mass is 1120 g/mol. The van der Waals surface area contributed by atoms with E-state index in [1.165, 1.54) is 24.3 Å². The fraction of sp³-hybridized carbons (Fsp3) is 0.182. The quantitative estimate of drug-likeness (QED) is 0.0546. The molecular weight excluding hydrogens is 1070 g/mol. The molecular formula is C44H43Cl2N6NaO15S4. The molecule has 28 heteroatoms. The molecule has 4 N–H and O–H groups in total. The zero-order valence-electron chi connectivity index (χ0n) is 37.8. The van der Waals surface area contributed by atoms with Gasteiger partial charge in [-0.15, -0.1) is 12.4 Å². The molecule has 0 spiro atoms. The Bertz CT molecular complexity index is 3060. The van der Waals surface area contributed by atoms with Gasteiger partial charge in [-0.1, -0.05) is 72.8 Å². The van der Waals surface area contributed by atoms with Gasteiger partial charge in [0.2, 0.25) is 29.1 Å². The number of hydrogen-bond donors (Lipinski definition) is 3. The van der Waals surface area contributed by atoms with Crippen LogP contribution >= 0.6 is 23.1 Å². The van der Waals surface area contributed by atoms with Crippen molar-refractivity contribution in [2.75, 3.05) is 58.6 Å². The van der Waals surface area contributed by atoms with Crippen molar-refractivity contribution < 1.29 is 96.5 Å². The van der Waals surface area contributed by atoms with E-state index in [1.807, 2.05) is 6.07 Å². The van der Waals surface area contributed by atoms with Gasteiger partial charge in [0.15, 0.2) is 0 Å². The van der Waals surface area contributed by atoms with Crippen LogP contribution in [-0.2, 0) is 39.2 Å². The third kappa shape index (κ3) is 17.0. The summed E-state index contributed by atoms with van der Waals surface area (Å²) in [6.07, 6.45) is 0. The fourth-order valence-corrected chi connectivity index (χ4v) is 9.51. The first kappa shape index (κ1) is 60.7. The summed E-state index contributed by atoms with van der Waals surface area (Å²) in [5.41, 5.74) is 7.84. The number of anilines is 2. The van der Waals surface area contributed by atoms with Crippen LogP contribution in [0.25, 0.3) is 0 Å². The molecule has 0 radical (unpaired) electrons. The Balaban J connectivity index is 0.000000256. The molecule has 0 bridgehead atoms. The number of benzene rings is 5. The summed E-state index contributed by atoms with van der Waals surface area (Å²) in [5, 5.41) is 0. The third-order valence-corrected chi connectivity index (χ3v) is 14.2. The maximum absolute atomic E-state index is 12.2. The molecule has 3 aliphatic rings. The van der Waals surface area contributed by atoms with E-state index in [9.17, 15) is 67.0 Å². The topological polar surface area (TPSA) is 322 Å². The predicted octanol–water partition coefficient (Wildman–Crippen LogP) is 0.216. The normalized spacial score (nSPS) is 13.7. The van der Waals surface area contributed by atoms with Crippen molar-refractivity contribution in [3.05, 3.63) is 167 Å². The SMILES string of the molecule is Cl.NCCS(=O)(=O)Nc1ccccc1.O=C1c2ccccc2C(=O)N1CCS(=O)(=O)Cl.O=C1c2ccccc2C(=O)N1CCS(=O)(=O)Nc1ccccc1.O=C1c2ccccc2C(=O)N1CCS(=O)(=O)[O-].[Na+]. The maximum Gasteiger partial charge on any atom is 1.00 e. The van der Waals surface area contributed by atoms with Crippen LogP contribution in [0.3, 0.4) is 0 Å². The summed E-state index contributed by atoms with van der Waals surface area (Å²) < 4.78 is 104. The van der Waals surface area contributed by atoms with E-state index >= 15 is 0 Å². The molecule has 378 valence electrons.